The molecule has 28 heavy (non-hydrogen) atoms. The molecule has 5 nitrogen and oxygen atoms in total. The second-order valence-electron chi connectivity index (χ2n) is 6.27. The second kappa shape index (κ2) is 9.49. The van der Waals surface area contributed by atoms with E-state index in [0.717, 1.165) is 28.0 Å². The molecule has 0 unspecified atom stereocenters. The highest BCUT2D eigenvalue weighted by Crippen LogP contribution is 2.35. The highest BCUT2D eigenvalue weighted by atomic mass is 79.9. The highest BCUT2D eigenvalue weighted by Gasteiger charge is 2.11. The van der Waals surface area contributed by atoms with E-state index in [4.69, 9.17) is 16.3 Å². The molecule has 0 aliphatic heterocycles. The van der Waals surface area contributed by atoms with E-state index in [0.29, 0.717) is 28.1 Å². The molecule has 0 aliphatic rings. The van der Waals surface area contributed by atoms with Gasteiger partial charge in [-0.15, -0.1) is 0 Å². The number of benzene rings is 2. The van der Waals surface area contributed by atoms with Crippen LogP contribution in [0.5, 0.6) is 10.9 Å². The third-order valence-corrected chi connectivity index (χ3v) is 5.52. The van der Waals surface area contributed by atoms with Gasteiger partial charge in [0.2, 0.25) is 0 Å². The molecule has 0 aliphatic carbocycles. The molecule has 0 atom stereocenters. The van der Waals surface area contributed by atoms with Gasteiger partial charge in [-0.2, -0.15) is 9.36 Å². The van der Waals surface area contributed by atoms with Gasteiger partial charge >= 0.3 is 0 Å². The van der Waals surface area contributed by atoms with Gasteiger partial charge < -0.3 is 9.64 Å². The van der Waals surface area contributed by atoms with Crippen molar-refractivity contribution in [1.82, 2.24) is 14.3 Å². The predicted octanol–water partition coefficient (Wildman–Crippen LogP) is 6.26. The lowest BCUT2D eigenvalue weighted by molar-refractivity contribution is 0.474. The van der Waals surface area contributed by atoms with Gasteiger partial charge in [-0.05, 0) is 43.2 Å². The molecular weight excluding hydrogens is 460 g/mol. The van der Waals surface area contributed by atoms with Gasteiger partial charge in [-0.1, -0.05) is 39.7 Å². The Morgan fingerprint density at radius 3 is 2.75 bits per heavy atom. The van der Waals surface area contributed by atoms with E-state index >= 15 is 0 Å². The maximum absolute atomic E-state index is 6.37. The van der Waals surface area contributed by atoms with Gasteiger partial charge in [-0.25, -0.2) is 4.99 Å². The summed E-state index contributed by atoms with van der Waals surface area (Å²) in [6.45, 7) is 4.89. The SMILES string of the molecule is CCN(C)C=Nc1cc(C)c(Oc2nc(Cc3ccc(Br)cc3)ns2)cc1Cl. The van der Waals surface area contributed by atoms with Crippen LogP contribution in [0.4, 0.5) is 5.69 Å². The van der Waals surface area contributed by atoms with Crippen molar-refractivity contribution in [2.45, 2.75) is 20.3 Å². The molecule has 3 aromatic rings. The summed E-state index contributed by atoms with van der Waals surface area (Å²) < 4.78 is 11.4. The van der Waals surface area contributed by atoms with Crippen molar-refractivity contribution in [2.75, 3.05) is 13.6 Å². The normalized spacial score (nSPS) is 11.2. The summed E-state index contributed by atoms with van der Waals surface area (Å²) in [5, 5.41) is 1.02. The van der Waals surface area contributed by atoms with Crippen LogP contribution in [0.15, 0.2) is 45.9 Å². The Morgan fingerprint density at radius 1 is 1.29 bits per heavy atom. The van der Waals surface area contributed by atoms with Crippen molar-refractivity contribution >= 4 is 51.1 Å². The molecule has 0 spiro atoms. The zero-order chi connectivity index (χ0) is 20.1. The topological polar surface area (TPSA) is 50.6 Å². The minimum absolute atomic E-state index is 0.494. The average molecular weight is 480 g/mol. The molecule has 8 heteroatoms. The van der Waals surface area contributed by atoms with Crippen LogP contribution in [0.2, 0.25) is 5.02 Å². The lowest BCUT2D eigenvalue weighted by Crippen LogP contribution is -2.14. The molecule has 0 saturated carbocycles. The molecule has 146 valence electrons. The Morgan fingerprint density at radius 2 is 2.04 bits per heavy atom. The standard InChI is InChI=1S/C20H20BrClN4OS/c1-4-26(3)12-23-17-9-13(2)18(11-16(17)22)27-20-24-19(25-28-20)10-14-5-7-15(21)8-6-14/h5-9,11-12H,4,10H2,1-3H3. The summed E-state index contributed by atoms with van der Waals surface area (Å²) in [6, 6.07) is 11.8. The molecular formula is C20H20BrClN4OS. The van der Waals surface area contributed by atoms with Crippen molar-refractivity contribution in [2.24, 2.45) is 4.99 Å². The van der Waals surface area contributed by atoms with E-state index < -0.39 is 0 Å². The number of hydrogen-bond donors (Lipinski definition) is 0. The maximum atomic E-state index is 6.37. The number of ether oxygens (including phenoxy) is 1. The number of rotatable bonds is 7. The fourth-order valence-corrected chi connectivity index (χ4v) is 3.36. The number of halogens is 2. The number of nitrogens with zero attached hydrogens (tertiary/aromatic N) is 4. The first-order chi connectivity index (χ1) is 13.4. The molecule has 0 fully saturated rings. The third kappa shape index (κ3) is 5.53. The van der Waals surface area contributed by atoms with Gasteiger partial charge in [0, 0.05) is 42.1 Å². The first kappa shape index (κ1) is 20.8. The number of aliphatic imine (C=N–C) groups is 1. The Labute approximate surface area is 182 Å². The van der Waals surface area contributed by atoms with Crippen LogP contribution in [-0.4, -0.2) is 34.2 Å². The molecule has 2 aromatic carbocycles. The van der Waals surface area contributed by atoms with Crippen molar-refractivity contribution in [3.63, 3.8) is 0 Å². The van der Waals surface area contributed by atoms with E-state index in [9.17, 15) is 0 Å². The minimum atomic E-state index is 0.494. The van der Waals surface area contributed by atoms with Crippen molar-refractivity contribution in [1.29, 1.82) is 0 Å². The van der Waals surface area contributed by atoms with E-state index in [2.05, 4.69) is 37.2 Å². The molecule has 0 radical (unpaired) electrons. The quantitative estimate of drug-likeness (QED) is 0.296. The van der Waals surface area contributed by atoms with Crippen LogP contribution < -0.4 is 4.74 Å². The largest absolute Gasteiger partial charge is 0.430 e. The Balaban J connectivity index is 1.71. The maximum Gasteiger partial charge on any atom is 0.298 e. The van der Waals surface area contributed by atoms with Crippen molar-refractivity contribution in [3.05, 3.63) is 62.8 Å². The number of aryl methyl sites for hydroxylation is 1. The highest BCUT2D eigenvalue weighted by molar-refractivity contribution is 9.10. The number of hydrogen-bond acceptors (Lipinski definition) is 5. The summed E-state index contributed by atoms with van der Waals surface area (Å²) in [6.07, 6.45) is 2.42. The lowest BCUT2D eigenvalue weighted by Gasteiger charge is -2.10. The van der Waals surface area contributed by atoms with Gasteiger partial charge in [0.05, 0.1) is 17.0 Å². The lowest BCUT2D eigenvalue weighted by atomic mass is 10.1. The molecule has 0 bridgehead atoms. The smallest absolute Gasteiger partial charge is 0.298 e. The second-order valence-corrected chi connectivity index (χ2v) is 8.31. The molecule has 0 amide bonds. The monoisotopic (exact) mass is 478 g/mol. The van der Waals surface area contributed by atoms with E-state index in [-0.39, 0.29) is 0 Å². The number of aromatic nitrogens is 2. The Kier molecular flexibility index (Phi) is 7.04. The van der Waals surface area contributed by atoms with Crippen LogP contribution in [0.25, 0.3) is 0 Å². The Bertz CT molecular complexity index is 975. The third-order valence-electron chi connectivity index (χ3n) is 4.06. The van der Waals surface area contributed by atoms with Crippen LogP contribution in [0, 0.1) is 6.92 Å². The van der Waals surface area contributed by atoms with Crippen molar-refractivity contribution < 1.29 is 4.74 Å². The van der Waals surface area contributed by atoms with Gasteiger partial charge in [-0.3, -0.25) is 0 Å². The summed E-state index contributed by atoms with van der Waals surface area (Å²) in [5.74, 6) is 1.38. The molecule has 3 rings (SSSR count). The zero-order valence-corrected chi connectivity index (χ0v) is 19.0. The molecule has 0 N–H and O–H groups in total. The molecule has 0 saturated heterocycles. The van der Waals surface area contributed by atoms with Gasteiger partial charge in [0.1, 0.15) is 5.75 Å². The summed E-state index contributed by atoms with van der Waals surface area (Å²) in [5.41, 5.74) is 2.78. The van der Waals surface area contributed by atoms with Crippen LogP contribution in [0.1, 0.15) is 23.9 Å². The molecule has 1 aromatic heterocycles. The van der Waals surface area contributed by atoms with Gasteiger partial charge in [0.15, 0.2) is 5.82 Å². The fourth-order valence-electron chi connectivity index (χ4n) is 2.33. The summed E-state index contributed by atoms with van der Waals surface area (Å²) >= 11 is 11.0. The van der Waals surface area contributed by atoms with Crippen LogP contribution in [-0.2, 0) is 6.42 Å². The Hall–Kier alpha value is -1.96. The average Bonchev–Trinajstić information content (AvgIpc) is 3.11. The van der Waals surface area contributed by atoms with E-state index in [1.54, 1.807) is 12.4 Å². The fraction of sp³-hybridized carbons (Fsp3) is 0.250. The van der Waals surface area contributed by atoms with E-state index in [1.807, 2.05) is 49.2 Å². The van der Waals surface area contributed by atoms with E-state index in [1.165, 1.54) is 11.5 Å². The minimum Gasteiger partial charge on any atom is -0.430 e. The predicted molar refractivity (Wildman–Crippen MR) is 120 cm³/mol. The summed E-state index contributed by atoms with van der Waals surface area (Å²) in [7, 11) is 1.96. The first-order valence-corrected chi connectivity index (χ1v) is 10.7. The first-order valence-electron chi connectivity index (χ1n) is 8.74. The molecule has 1 heterocycles. The van der Waals surface area contributed by atoms with Crippen molar-refractivity contribution in [3.8, 4) is 10.9 Å². The van der Waals surface area contributed by atoms with Crippen LogP contribution >= 0.6 is 39.1 Å². The van der Waals surface area contributed by atoms with Crippen LogP contribution in [0.3, 0.4) is 0 Å². The van der Waals surface area contributed by atoms with Gasteiger partial charge in [0.25, 0.3) is 5.19 Å². The summed E-state index contributed by atoms with van der Waals surface area (Å²) in [4.78, 5) is 10.9. The zero-order valence-electron chi connectivity index (χ0n) is 15.8.